The molecule has 1 aliphatic rings. The van der Waals surface area contributed by atoms with Crippen molar-refractivity contribution in [2.45, 2.75) is 52.3 Å². The molecule has 1 heterocycles. The first kappa shape index (κ1) is 15.9. The van der Waals surface area contributed by atoms with Crippen LogP contribution in [-0.4, -0.2) is 29.1 Å². The molecular weight excluding hydrogens is 266 g/mol. The molecule has 116 valence electrons. The van der Waals surface area contributed by atoms with E-state index < -0.39 is 5.54 Å². The second-order valence-corrected chi connectivity index (χ2v) is 6.29. The summed E-state index contributed by atoms with van der Waals surface area (Å²) >= 11 is 0. The highest BCUT2D eigenvalue weighted by atomic mass is 16.5. The SMILES string of the molecule is CCOC1CC(N)(C(=O)NCc2ncccc2C)C1(C)C. The van der Waals surface area contributed by atoms with Gasteiger partial charge in [-0.2, -0.15) is 0 Å². The molecule has 0 bridgehead atoms. The van der Waals surface area contributed by atoms with Crippen LogP contribution in [0.25, 0.3) is 0 Å². The summed E-state index contributed by atoms with van der Waals surface area (Å²) in [7, 11) is 0. The zero-order valence-electron chi connectivity index (χ0n) is 13.3. The molecule has 5 nitrogen and oxygen atoms in total. The third kappa shape index (κ3) is 2.68. The third-order valence-electron chi connectivity index (χ3n) is 4.77. The molecule has 0 aliphatic heterocycles. The smallest absolute Gasteiger partial charge is 0.241 e. The van der Waals surface area contributed by atoms with Crippen LogP contribution in [0.3, 0.4) is 0 Å². The Labute approximate surface area is 126 Å². The van der Waals surface area contributed by atoms with Gasteiger partial charge in [-0.05, 0) is 25.5 Å². The molecule has 1 aromatic heterocycles. The zero-order valence-corrected chi connectivity index (χ0v) is 13.3. The van der Waals surface area contributed by atoms with Crippen molar-refractivity contribution in [2.75, 3.05) is 6.61 Å². The summed E-state index contributed by atoms with van der Waals surface area (Å²) in [5.41, 5.74) is 7.01. The van der Waals surface area contributed by atoms with Crippen molar-refractivity contribution >= 4 is 5.91 Å². The Bertz CT molecular complexity index is 530. The minimum absolute atomic E-state index is 0.0369. The van der Waals surface area contributed by atoms with Gasteiger partial charge in [0.25, 0.3) is 0 Å². The van der Waals surface area contributed by atoms with E-state index in [9.17, 15) is 4.79 Å². The van der Waals surface area contributed by atoms with Crippen LogP contribution in [0, 0.1) is 12.3 Å². The molecule has 1 fully saturated rings. The molecule has 0 aromatic carbocycles. The summed E-state index contributed by atoms with van der Waals surface area (Å²) in [5, 5.41) is 2.92. The molecule has 1 aliphatic carbocycles. The number of ether oxygens (including phenoxy) is 1. The van der Waals surface area contributed by atoms with Crippen molar-refractivity contribution < 1.29 is 9.53 Å². The highest BCUT2D eigenvalue weighted by molar-refractivity contribution is 5.88. The number of carbonyl (C=O) groups is 1. The maximum absolute atomic E-state index is 12.5. The van der Waals surface area contributed by atoms with Crippen molar-refractivity contribution in [1.82, 2.24) is 10.3 Å². The van der Waals surface area contributed by atoms with Crippen molar-refractivity contribution in [3.8, 4) is 0 Å². The molecule has 3 N–H and O–H groups in total. The van der Waals surface area contributed by atoms with Gasteiger partial charge in [0.1, 0.15) is 5.54 Å². The number of aryl methyl sites for hydroxylation is 1. The molecular formula is C16H25N3O2. The van der Waals surface area contributed by atoms with Gasteiger partial charge in [-0.15, -0.1) is 0 Å². The number of amides is 1. The second-order valence-electron chi connectivity index (χ2n) is 6.29. The fourth-order valence-electron chi connectivity index (χ4n) is 2.85. The lowest BCUT2D eigenvalue weighted by molar-refractivity contribution is -0.170. The van der Waals surface area contributed by atoms with E-state index in [1.54, 1.807) is 6.20 Å². The minimum atomic E-state index is -0.879. The van der Waals surface area contributed by atoms with Gasteiger partial charge in [0, 0.05) is 24.6 Å². The summed E-state index contributed by atoms with van der Waals surface area (Å²) in [6.07, 6.45) is 2.32. The van der Waals surface area contributed by atoms with Gasteiger partial charge in [-0.25, -0.2) is 0 Å². The predicted molar refractivity (Wildman–Crippen MR) is 81.6 cm³/mol. The van der Waals surface area contributed by atoms with Gasteiger partial charge in [-0.3, -0.25) is 9.78 Å². The lowest BCUT2D eigenvalue weighted by atomic mass is 9.54. The van der Waals surface area contributed by atoms with Gasteiger partial charge < -0.3 is 15.8 Å². The number of nitrogens with one attached hydrogen (secondary N) is 1. The van der Waals surface area contributed by atoms with Crippen molar-refractivity contribution in [3.05, 3.63) is 29.6 Å². The van der Waals surface area contributed by atoms with Crippen molar-refractivity contribution in [1.29, 1.82) is 0 Å². The van der Waals surface area contributed by atoms with Crippen LogP contribution < -0.4 is 11.1 Å². The topological polar surface area (TPSA) is 77.2 Å². The number of hydrogen-bond acceptors (Lipinski definition) is 4. The Morgan fingerprint density at radius 3 is 2.86 bits per heavy atom. The van der Waals surface area contributed by atoms with Crippen LogP contribution in [0.15, 0.2) is 18.3 Å². The Kier molecular flexibility index (Phi) is 4.35. The van der Waals surface area contributed by atoms with E-state index >= 15 is 0 Å². The molecule has 1 amide bonds. The molecule has 0 saturated heterocycles. The molecule has 1 aromatic rings. The normalized spacial score (nSPS) is 27.0. The first-order valence-electron chi connectivity index (χ1n) is 7.42. The average molecular weight is 291 g/mol. The maximum atomic E-state index is 12.5. The first-order valence-corrected chi connectivity index (χ1v) is 7.42. The highest BCUT2D eigenvalue weighted by Crippen LogP contribution is 2.49. The van der Waals surface area contributed by atoms with Crippen LogP contribution in [0.4, 0.5) is 0 Å². The minimum Gasteiger partial charge on any atom is -0.378 e. The average Bonchev–Trinajstić information content (AvgIpc) is 2.45. The van der Waals surface area contributed by atoms with Crippen molar-refractivity contribution in [2.24, 2.45) is 11.1 Å². The lowest BCUT2D eigenvalue weighted by Crippen LogP contribution is -2.75. The summed E-state index contributed by atoms with van der Waals surface area (Å²) in [4.78, 5) is 16.8. The van der Waals surface area contributed by atoms with Crippen LogP contribution in [-0.2, 0) is 16.1 Å². The predicted octanol–water partition coefficient (Wildman–Crippen LogP) is 1.54. The van der Waals surface area contributed by atoms with E-state index in [4.69, 9.17) is 10.5 Å². The maximum Gasteiger partial charge on any atom is 0.241 e. The number of nitrogens with zero attached hydrogens (tertiary/aromatic N) is 1. The molecule has 2 unspecified atom stereocenters. The van der Waals surface area contributed by atoms with E-state index in [2.05, 4.69) is 10.3 Å². The zero-order chi connectivity index (χ0) is 15.7. The van der Waals surface area contributed by atoms with Gasteiger partial charge in [0.05, 0.1) is 18.3 Å². The third-order valence-corrected chi connectivity index (χ3v) is 4.77. The van der Waals surface area contributed by atoms with E-state index in [0.717, 1.165) is 11.3 Å². The largest absolute Gasteiger partial charge is 0.378 e. The Morgan fingerprint density at radius 1 is 1.57 bits per heavy atom. The molecule has 1 saturated carbocycles. The highest BCUT2D eigenvalue weighted by Gasteiger charge is 2.62. The first-order chi connectivity index (χ1) is 9.83. The standard InChI is InChI=1S/C16H25N3O2/c1-5-21-13-9-16(17,15(13,3)4)14(20)19-10-12-11(2)7-6-8-18-12/h6-8,13H,5,9-10,17H2,1-4H3,(H,19,20). The summed E-state index contributed by atoms with van der Waals surface area (Å²) in [5.74, 6) is -0.131. The quantitative estimate of drug-likeness (QED) is 0.862. The fourth-order valence-corrected chi connectivity index (χ4v) is 2.85. The van der Waals surface area contributed by atoms with Crippen LogP contribution in [0.1, 0.15) is 38.4 Å². The van der Waals surface area contributed by atoms with Gasteiger partial charge in [-0.1, -0.05) is 19.9 Å². The molecule has 5 heteroatoms. The monoisotopic (exact) mass is 291 g/mol. The number of hydrogen-bond donors (Lipinski definition) is 2. The molecule has 0 spiro atoms. The van der Waals surface area contributed by atoms with Crippen molar-refractivity contribution in [3.63, 3.8) is 0 Å². The fraction of sp³-hybridized carbons (Fsp3) is 0.625. The molecule has 0 radical (unpaired) electrons. The summed E-state index contributed by atoms with van der Waals surface area (Å²) in [6, 6.07) is 3.86. The van der Waals surface area contributed by atoms with Crippen LogP contribution in [0.5, 0.6) is 0 Å². The van der Waals surface area contributed by atoms with E-state index in [-0.39, 0.29) is 17.4 Å². The Balaban J connectivity index is 2.00. The molecule has 2 rings (SSSR count). The number of aromatic nitrogens is 1. The number of carbonyl (C=O) groups excluding carboxylic acids is 1. The lowest BCUT2D eigenvalue weighted by Gasteiger charge is -2.57. The summed E-state index contributed by atoms with van der Waals surface area (Å²) in [6.45, 7) is 8.95. The second kappa shape index (κ2) is 5.73. The van der Waals surface area contributed by atoms with Crippen LogP contribution >= 0.6 is 0 Å². The van der Waals surface area contributed by atoms with Gasteiger partial charge in [0.2, 0.25) is 5.91 Å². The van der Waals surface area contributed by atoms with Crippen LogP contribution in [0.2, 0.25) is 0 Å². The van der Waals surface area contributed by atoms with Gasteiger partial charge >= 0.3 is 0 Å². The van der Waals surface area contributed by atoms with E-state index in [0.29, 0.717) is 19.6 Å². The molecule has 21 heavy (non-hydrogen) atoms. The Morgan fingerprint density at radius 2 is 2.29 bits per heavy atom. The van der Waals surface area contributed by atoms with Gasteiger partial charge in [0.15, 0.2) is 0 Å². The molecule has 2 atom stereocenters. The Hall–Kier alpha value is -1.46. The van der Waals surface area contributed by atoms with E-state index in [1.807, 2.05) is 39.8 Å². The number of rotatable bonds is 5. The number of nitrogens with two attached hydrogens (primary N) is 1. The van der Waals surface area contributed by atoms with E-state index in [1.165, 1.54) is 0 Å². The number of pyridine rings is 1. The summed E-state index contributed by atoms with van der Waals surface area (Å²) < 4.78 is 5.65.